The van der Waals surface area contributed by atoms with Crippen molar-refractivity contribution in [3.8, 4) is 0 Å². The standard InChI is InChI=1S/C8H7Cl3N4/c9-5-1-2-6(10)7(11)4(5)3-14-15-8(12)13/h1-3H,(H4,12,13,15)/b14-3-. The molecule has 0 radical (unpaired) electrons. The van der Waals surface area contributed by atoms with Gasteiger partial charge in [-0.1, -0.05) is 34.8 Å². The number of nitrogens with zero attached hydrogens (tertiary/aromatic N) is 2. The molecule has 4 nitrogen and oxygen atoms in total. The number of halogens is 3. The van der Waals surface area contributed by atoms with Crippen LogP contribution < -0.4 is 11.5 Å². The van der Waals surface area contributed by atoms with Crippen LogP contribution in [0.4, 0.5) is 0 Å². The Kier molecular flexibility index (Phi) is 4.20. The zero-order valence-electron chi connectivity index (χ0n) is 7.42. The highest BCUT2D eigenvalue weighted by Gasteiger charge is 2.06. The molecule has 0 saturated carbocycles. The van der Waals surface area contributed by atoms with Crippen LogP contribution in [0.15, 0.2) is 22.3 Å². The van der Waals surface area contributed by atoms with Crippen molar-refractivity contribution in [1.82, 2.24) is 0 Å². The van der Waals surface area contributed by atoms with E-state index in [1.54, 1.807) is 12.1 Å². The summed E-state index contributed by atoms with van der Waals surface area (Å²) in [6.45, 7) is 0. The number of rotatable bonds is 2. The highest BCUT2D eigenvalue weighted by Crippen LogP contribution is 2.29. The lowest BCUT2D eigenvalue weighted by Gasteiger charge is -2.01. The molecule has 0 saturated heterocycles. The van der Waals surface area contributed by atoms with Gasteiger partial charge in [0.15, 0.2) is 0 Å². The SMILES string of the molecule is NC(N)=N/N=C\c1c(Cl)ccc(Cl)c1Cl. The molecule has 0 aliphatic rings. The maximum Gasteiger partial charge on any atom is 0.211 e. The highest BCUT2D eigenvalue weighted by atomic mass is 35.5. The van der Waals surface area contributed by atoms with E-state index in [0.717, 1.165) is 0 Å². The molecule has 4 N–H and O–H groups in total. The summed E-state index contributed by atoms with van der Waals surface area (Å²) in [5, 5.41) is 8.10. The summed E-state index contributed by atoms with van der Waals surface area (Å²) >= 11 is 17.6. The van der Waals surface area contributed by atoms with Gasteiger partial charge in [0.25, 0.3) is 0 Å². The van der Waals surface area contributed by atoms with E-state index < -0.39 is 0 Å². The first kappa shape index (κ1) is 12.1. The van der Waals surface area contributed by atoms with Gasteiger partial charge in [0, 0.05) is 5.56 Å². The van der Waals surface area contributed by atoms with Crippen LogP contribution in [-0.4, -0.2) is 12.2 Å². The third-order valence-corrected chi connectivity index (χ3v) is 2.59. The van der Waals surface area contributed by atoms with Crippen molar-refractivity contribution >= 4 is 47.0 Å². The average Bonchev–Trinajstić information content (AvgIpc) is 2.17. The summed E-state index contributed by atoms with van der Waals surface area (Å²) in [4.78, 5) is 0. The molecular weight excluding hydrogens is 258 g/mol. The first-order valence-corrected chi connectivity index (χ1v) is 4.91. The van der Waals surface area contributed by atoms with Crippen molar-refractivity contribution in [2.24, 2.45) is 21.7 Å². The molecule has 1 aromatic carbocycles. The molecule has 0 aliphatic heterocycles. The van der Waals surface area contributed by atoms with Gasteiger partial charge in [-0.05, 0) is 12.1 Å². The zero-order valence-corrected chi connectivity index (χ0v) is 9.68. The van der Waals surface area contributed by atoms with Crippen LogP contribution >= 0.6 is 34.8 Å². The van der Waals surface area contributed by atoms with E-state index in [-0.39, 0.29) is 5.96 Å². The van der Waals surface area contributed by atoms with Crippen molar-refractivity contribution < 1.29 is 0 Å². The molecule has 80 valence electrons. The molecule has 0 aliphatic carbocycles. The van der Waals surface area contributed by atoms with E-state index in [4.69, 9.17) is 46.3 Å². The number of hydrogen-bond acceptors (Lipinski definition) is 2. The maximum absolute atomic E-state index is 5.90. The molecule has 0 atom stereocenters. The van der Waals surface area contributed by atoms with E-state index in [9.17, 15) is 0 Å². The van der Waals surface area contributed by atoms with Crippen molar-refractivity contribution in [2.75, 3.05) is 0 Å². The second-order valence-electron chi connectivity index (χ2n) is 2.53. The largest absolute Gasteiger partial charge is 0.369 e. The Labute approximate surface area is 102 Å². The lowest BCUT2D eigenvalue weighted by Crippen LogP contribution is -2.21. The zero-order chi connectivity index (χ0) is 11.4. The molecule has 0 heterocycles. The molecular formula is C8H7Cl3N4. The van der Waals surface area contributed by atoms with Gasteiger partial charge in [-0.15, -0.1) is 5.10 Å². The van der Waals surface area contributed by atoms with Gasteiger partial charge in [0.1, 0.15) is 0 Å². The monoisotopic (exact) mass is 264 g/mol. The number of hydrogen-bond donors (Lipinski definition) is 2. The molecule has 7 heteroatoms. The lowest BCUT2D eigenvalue weighted by atomic mass is 10.2. The topological polar surface area (TPSA) is 76.8 Å². The molecule has 15 heavy (non-hydrogen) atoms. The summed E-state index contributed by atoms with van der Waals surface area (Å²) < 4.78 is 0. The fraction of sp³-hybridized carbons (Fsp3) is 0. The fourth-order valence-corrected chi connectivity index (χ4v) is 1.45. The maximum atomic E-state index is 5.90. The predicted molar refractivity (Wildman–Crippen MR) is 64.9 cm³/mol. The van der Waals surface area contributed by atoms with Crippen LogP contribution in [-0.2, 0) is 0 Å². The van der Waals surface area contributed by atoms with Gasteiger partial charge in [0.2, 0.25) is 5.96 Å². The summed E-state index contributed by atoms with van der Waals surface area (Å²) in [7, 11) is 0. The molecule has 0 spiro atoms. The minimum absolute atomic E-state index is 0.152. The molecule has 0 aromatic heterocycles. The van der Waals surface area contributed by atoms with Gasteiger partial charge in [-0.2, -0.15) is 5.10 Å². The molecule has 0 unspecified atom stereocenters. The second-order valence-corrected chi connectivity index (χ2v) is 3.72. The van der Waals surface area contributed by atoms with Crippen LogP contribution in [0.2, 0.25) is 15.1 Å². The smallest absolute Gasteiger partial charge is 0.211 e. The Morgan fingerprint density at radius 2 is 1.73 bits per heavy atom. The second kappa shape index (κ2) is 5.21. The number of benzene rings is 1. The van der Waals surface area contributed by atoms with Crippen molar-refractivity contribution in [3.05, 3.63) is 32.8 Å². The van der Waals surface area contributed by atoms with Gasteiger partial charge in [0.05, 0.1) is 21.3 Å². The fourth-order valence-electron chi connectivity index (χ4n) is 0.814. The number of guanidine groups is 1. The van der Waals surface area contributed by atoms with Crippen LogP contribution in [0.25, 0.3) is 0 Å². The van der Waals surface area contributed by atoms with E-state index in [2.05, 4.69) is 10.2 Å². The quantitative estimate of drug-likeness (QED) is 0.372. The number of nitrogens with two attached hydrogens (primary N) is 2. The summed E-state index contributed by atoms with van der Waals surface area (Å²) in [5.74, 6) is -0.152. The Morgan fingerprint density at radius 3 is 2.33 bits per heavy atom. The summed E-state index contributed by atoms with van der Waals surface area (Å²) in [6, 6.07) is 3.19. The normalized spacial score (nSPS) is 10.6. The molecule has 1 rings (SSSR count). The minimum atomic E-state index is -0.152. The molecule has 0 fully saturated rings. The van der Waals surface area contributed by atoms with Gasteiger partial charge in [-0.3, -0.25) is 0 Å². The van der Waals surface area contributed by atoms with Gasteiger partial charge >= 0.3 is 0 Å². The van der Waals surface area contributed by atoms with Crippen molar-refractivity contribution in [1.29, 1.82) is 0 Å². The minimum Gasteiger partial charge on any atom is -0.369 e. The van der Waals surface area contributed by atoms with Crippen molar-refractivity contribution in [2.45, 2.75) is 0 Å². The van der Waals surface area contributed by atoms with E-state index in [0.29, 0.717) is 20.6 Å². The third kappa shape index (κ3) is 3.27. The van der Waals surface area contributed by atoms with Crippen LogP contribution in [0.5, 0.6) is 0 Å². The van der Waals surface area contributed by atoms with Crippen LogP contribution in [0.1, 0.15) is 5.56 Å². The van der Waals surface area contributed by atoms with Gasteiger partial charge < -0.3 is 11.5 Å². The van der Waals surface area contributed by atoms with E-state index in [1.807, 2.05) is 0 Å². The predicted octanol–water partition coefficient (Wildman–Crippen LogP) is 2.25. The van der Waals surface area contributed by atoms with Crippen LogP contribution in [0, 0.1) is 0 Å². The first-order valence-electron chi connectivity index (χ1n) is 3.78. The Balaban J connectivity index is 3.09. The van der Waals surface area contributed by atoms with E-state index >= 15 is 0 Å². The molecule has 0 amide bonds. The summed E-state index contributed by atoms with van der Waals surface area (Å²) in [5.41, 5.74) is 10.6. The van der Waals surface area contributed by atoms with Crippen LogP contribution in [0.3, 0.4) is 0 Å². The van der Waals surface area contributed by atoms with Gasteiger partial charge in [-0.25, -0.2) is 0 Å². The van der Waals surface area contributed by atoms with E-state index in [1.165, 1.54) is 6.21 Å². The average molecular weight is 266 g/mol. The van der Waals surface area contributed by atoms with Crippen molar-refractivity contribution in [3.63, 3.8) is 0 Å². The lowest BCUT2D eigenvalue weighted by molar-refractivity contribution is 1.21. The Hall–Kier alpha value is -0.970. The molecule has 1 aromatic rings. The summed E-state index contributed by atoms with van der Waals surface area (Å²) in [6.07, 6.45) is 1.33. The third-order valence-electron chi connectivity index (χ3n) is 1.44. The molecule has 0 bridgehead atoms. The highest BCUT2D eigenvalue weighted by molar-refractivity contribution is 6.45. The Morgan fingerprint density at radius 1 is 1.13 bits per heavy atom. The first-order chi connectivity index (χ1) is 7.02. The Bertz CT molecular complexity index is 424.